The first kappa shape index (κ1) is 18.4. The van der Waals surface area contributed by atoms with Crippen LogP contribution in [0.1, 0.15) is 20.8 Å². The smallest absolute Gasteiger partial charge is 0.328 e. The molecule has 3 rings (SSSR count). The van der Waals surface area contributed by atoms with Gasteiger partial charge in [-0.05, 0) is 17.2 Å². The third kappa shape index (κ3) is 5.26. The van der Waals surface area contributed by atoms with Gasteiger partial charge in [0.1, 0.15) is 12.1 Å². The van der Waals surface area contributed by atoms with Crippen LogP contribution in [0.3, 0.4) is 0 Å². The van der Waals surface area contributed by atoms with Crippen LogP contribution < -0.4 is 10.6 Å². The molecule has 7 nitrogen and oxygen atoms in total. The minimum Gasteiger partial charge on any atom is -0.467 e. The first-order chi connectivity index (χ1) is 15.3. The minimum atomic E-state index is -2.39. The molecule has 156 valence electrons. The lowest BCUT2D eigenvalue weighted by molar-refractivity contribution is -0.145. The fourth-order valence-electron chi connectivity index (χ4n) is 3.14. The van der Waals surface area contributed by atoms with Crippen LogP contribution in [0.25, 0.3) is 10.9 Å². The monoisotopic (exact) mass is 409 g/mol. The fraction of sp³-hybridized carbons (Fsp3) is 0.261. The quantitative estimate of drug-likeness (QED) is 0.496. The molecule has 0 radical (unpaired) electrons. The van der Waals surface area contributed by atoms with Gasteiger partial charge in [0.2, 0.25) is 11.8 Å². The molecular formula is C23H25N3O4. The summed E-state index contributed by atoms with van der Waals surface area (Å²) in [6, 6.07) is 12.7. The number of aromatic amines is 1. The Morgan fingerprint density at radius 1 is 1.10 bits per heavy atom. The number of H-pyrrole nitrogens is 1. The molecule has 1 aromatic heterocycles. The van der Waals surface area contributed by atoms with E-state index in [-0.39, 0.29) is 6.42 Å². The zero-order valence-electron chi connectivity index (χ0n) is 18.8. The van der Waals surface area contributed by atoms with E-state index < -0.39 is 36.2 Å². The van der Waals surface area contributed by atoms with Crippen molar-refractivity contribution in [1.82, 2.24) is 15.6 Å². The predicted octanol–water partition coefficient (Wildman–Crippen LogP) is 2.12. The molecule has 0 bridgehead atoms. The summed E-state index contributed by atoms with van der Waals surface area (Å²) in [6.45, 7) is 1.17. The highest BCUT2D eigenvalue weighted by Crippen LogP contribution is 2.19. The predicted molar refractivity (Wildman–Crippen MR) is 114 cm³/mol. The molecule has 0 aliphatic carbocycles. The Hall–Kier alpha value is -3.61. The van der Waals surface area contributed by atoms with Gasteiger partial charge in [-0.25, -0.2) is 4.79 Å². The van der Waals surface area contributed by atoms with E-state index in [1.54, 1.807) is 42.6 Å². The van der Waals surface area contributed by atoms with Gasteiger partial charge in [0, 0.05) is 38.2 Å². The molecule has 2 aromatic carbocycles. The summed E-state index contributed by atoms with van der Waals surface area (Å²) in [4.78, 5) is 40.5. The number of amides is 2. The van der Waals surface area contributed by atoms with Gasteiger partial charge < -0.3 is 20.4 Å². The zero-order valence-corrected chi connectivity index (χ0v) is 16.8. The second kappa shape index (κ2) is 9.73. The Morgan fingerprint density at radius 3 is 2.50 bits per heavy atom. The summed E-state index contributed by atoms with van der Waals surface area (Å²) in [5.41, 5.74) is 1.89. The van der Waals surface area contributed by atoms with Crippen LogP contribution in [0.15, 0.2) is 60.8 Å². The van der Waals surface area contributed by atoms with Gasteiger partial charge in [0.05, 0.1) is 8.48 Å². The number of hydrogen-bond acceptors (Lipinski definition) is 4. The molecular weight excluding hydrogens is 382 g/mol. The fourth-order valence-corrected chi connectivity index (χ4v) is 3.14. The molecule has 0 unspecified atom stereocenters. The maximum absolute atomic E-state index is 13.2. The zero-order chi connectivity index (χ0) is 23.3. The van der Waals surface area contributed by atoms with Crippen molar-refractivity contribution in [2.24, 2.45) is 0 Å². The van der Waals surface area contributed by atoms with Gasteiger partial charge in [-0.15, -0.1) is 0 Å². The molecule has 0 aliphatic heterocycles. The van der Waals surface area contributed by atoms with E-state index in [4.69, 9.17) is 7.48 Å². The van der Waals surface area contributed by atoms with Gasteiger partial charge in [0.25, 0.3) is 0 Å². The van der Waals surface area contributed by atoms with Crippen molar-refractivity contribution in [2.75, 3.05) is 7.11 Å². The normalized spacial score (nSPS) is 15.8. The largest absolute Gasteiger partial charge is 0.467 e. The molecule has 0 aliphatic rings. The number of nitrogens with one attached hydrogen (secondary N) is 3. The number of carbonyl (C=O) groups is 3. The Kier molecular flexibility index (Phi) is 5.98. The molecule has 3 atom stereocenters. The molecule has 0 spiro atoms. The molecule has 3 N–H and O–H groups in total. The Bertz CT molecular complexity index is 1120. The molecule has 30 heavy (non-hydrogen) atoms. The van der Waals surface area contributed by atoms with Crippen LogP contribution in [-0.4, -0.2) is 41.9 Å². The maximum atomic E-state index is 13.2. The third-order valence-corrected chi connectivity index (χ3v) is 4.55. The molecule has 7 heteroatoms. The van der Waals surface area contributed by atoms with Crippen LogP contribution in [0.5, 0.6) is 0 Å². The van der Waals surface area contributed by atoms with Crippen LogP contribution in [-0.2, 0) is 31.9 Å². The Labute approximate surface area is 177 Å². The molecule has 0 saturated carbocycles. The van der Waals surface area contributed by atoms with Gasteiger partial charge in [-0.1, -0.05) is 48.5 Å². The first-order valence-electron chi connectivity index (χ1n) is 10.5. The lowest BCUT2D eigenvalue weighted by atomic mass is 10.0. The van der Waals surface area contributed by atoms with E-state index in [2.05, 4.69) is 15.6 Å². The number of fused-ring (bicyclic) bond motifs is 1. The Balaban J connectivity index is 1.93. The number of methoxy groups -OCH3 is 1. The second-order valence-corrected chi connectivity index (χ2v) is 6.77. The van der Waals surface area contributed by atoms with Gasteiger partial charge >= 0.3 is 5.97 Å². The topological polar surface area (TPSA) is 100 Å². The van der Waals surface area contributed by atoms with E-state index in [0.717, 1.165) is 11.1 Å². The van der Waals surface area contributed by atoms with Gasteiger partial charge in [-0.3, -0.25) is 9.59 Å². The van der Waals surface area contributed by atoms with E-state index in [0.29, 0.717) is 10.9 Å². The number of ether oxygens (including phenoxy) is 1. The number of rotatable bonds is 8. The van der Waals surface area contributed by atoms with Crippen molar-refractivity contribution >= 4 is 28.7 Å². The standard InChI is InChI=1S/C23H25N3O4/c1-15(27)25-20(13-17-14-24-19-11-7-6-10-18(17)19)22(28)26-21(23(29)30-2)12-16-8-4-3-5-9-16/h3-11,14,20-21,24H,12-13H2,1-2H3,(H,25,27)(H,26,28)/t20-,21-/m0/s1/i13D,20D/t13-,20+,21+/m1. The summed E-state index contributed by atoms with van der Waals surface area (Å²) in [5.74, 6) is -2.32. The van der Waals surface area contributed by atoms with E-state index >= 15 is 0 Å². The van der Waals surface area contributed by atoms with Crippen molar-refractivity contribution in [1.29, 1.82) is 0 Å². The van der Waals surface area contributed by atoms with Crippen molar-refractivity contribution in [3.05, 3.63) is 71.9 Å². The summed E-state index contributed by atoms with van der Waals surface area (Å²) >= 11 is 0. The minimum absolute atomic E-state index is 0.130. The maximum Gasteiger partial charge on any atom is 0.328 e. The van der Waals surface area contributed by atoms with Gasteiger partial charge in [0.15, 0.2) is 0 Å². The summed E-state index contributed by atoms with van der Waals surface area (Å²) in [5, 5.41) is 5.47. The highest BCUT2D eigenvalue weighted by atomic mass is 16.5. The van der Waals surface area contributed by atoms with Crippen LogP contribution in [0, 0.1) is 0 Å². The lowest BCUT2D eigenvalue weighted by Gasteiger charge is -2.22. The van der Waals surface area contributed by atoms with E-state index in [1.165, 1.54) is 14.0 Å². The first-order valence-corrected chi connectivity index (χ1v) is 9.46. The summed E-state index contributed by atoms with van der Waals surface area (Å²) in [7, 11) is 1.20. The number of aromatic nitrogens is 1. The number of benzene rings is 2. The molecule has 0 saturated heterocycles. The molecule has 3 aromatic rings. The average Bonchev–Trinajstić information content (AvgIpc) is 3.21. The highest BCUT2D eigenvalue weighted by Gasteiger charge is 2.27. The van der Waals surface area contributed by atoms with Crippen molar-refractivity contribution in [3.8, 4) is 0 Å². The lowest BCUT2D eigenvalue weighted by Crippen LogP contribution is -2.53. The third-order valence-electron chi connectivity index (χ3n) is 4.55. The van der Waals surface area contributed by atoms with Crippen LogP contribution in [0.2, 0.25) is 0 Å². The highest BCUT2D eigenvalue weighted by molar-refractivity contribution is 5.91. The molecule has 2 amide bonds. The average molecular weight is 409 g/mol. The SMILES string of the molecule is [2H][C@H](c1c[nH]c2ccccc12)[C@]([2H])(NC(C)=O)C(=O)N[C@@H](Cc1ccccc1)C(=O)OC. The number of para-hydroxylation sites is 1. The van der Waals surface area contributed by atoms with E-state index in [9.17, 15) is 14.4 Å². The summed E-state index contributed by atoms with van der Waals surface area (Å²) in [6.07, 6.45) is 0.200. The van der Waals surface area contributed by atoms with Crippen LogP contribution in [0.4, 0.5) is 0 Å². The second-order valence-electron chi connectivity index (χ2n) is 6.77. The summed E-state index contributed by atoms with van der Waals surface area (Å²) < 4.78 is 22.3. The van der Waals surface area contributed by atoms with E-state index in [1.807, 2.05) is 18.2 Å². The number of carbonyl (C=O) groups excluding carboxylic acids is 3. The van der Waals surface area contributed by atoms with Gasteiger partial charge in [-0.2, -0.15) is 0 Å². The van der Waals surface area contributed by atoms with Crippen LogP contribution >= 0.6 is 0 Å². The Morgan fingerprint density at radius 2 is 1.80 bits per heavy atom. The molecule has 0 fully saturated rings. The number of hydrogen-bond donors (Lipinski definition) is 3. The number of esters is 1. The van der Waals surface area contributed by atoms with Crippen molar-refractivity contribution in [2.45, 2.75) is 31.8 Å². The van der Waals surface area contributed by atoms with Crippen molar-refractivity contribution in [3.63, 3.8) is 0 Å². The molecule has 1 heterocycles. The van der Waals surface area contributed by atoms with Crippen molar-refractivity contribution < 1.29 is 21.9 Å².